The predicted octanol–water partition coefficient (Wildman–Crippen LogP) is 4.20. The molecule has 0 fully saturated rings. The van der Waals surface area contributed by atoms with Gasteiger partial charge in [0.1, 0.15) is 0 Å². The standard InChI is InChI=1S/C19H17Br2N3O4/c20-13-4-6-14(7-5-13)23-18(25)2-1-3-19(26)24-22-10-12-8-16-17(9-15(12)21)28-11-27-16/h4-10H,1-3,11H2,(H,23,25)(H,24,26)/b22-10-. The molecule has 0 saturated heterocycles. The number of hydrogen-bond acceptors (Lipinski definition) is 5. The van der Waals surface area contributed by atoms with Gasteiger partial charge in [-0.3, -0.25) is 9.59 Å². The fourth-order valence-corrected chi connectivity index (χ4v) is 3.12. The number of carbonyl (C=O) groups excluding carboxylic acids is 2. The van der Waals surface area contributed by atoms with Crippen molar-refractivity contribution in [2.75, 3.05) is 12.1 Å². The predicted molar refractivity (Wildman–Crippen MR) is 113 cm³/mol. The van der Waals surface area contributed by atoms with Gasteiger partial charge in [0.15, 0.2) is 11.5 Å². The minimum Gasteiger partial charge on any atom is -0.454 e. The molecule has 0 spiro atoms. The summed E-state index contributed by atoms with van der Waals surface area (Å²) < 4.78 is 12.3. The van der Waals surface area contributed by atoms with E-state index in [1.165, 1.54) is 6.21 Å². The van der Waals surface area contributed by atoms with Crippen LogP contribution in [0.3, 0.4) is 0 Å². The van der Waals surface area contributed by atoms with E-state index in [0.717, 1.165) is 20.2 Å². The number of fused-ring (bicyclic) bond motifs is 1. The molecule has 2 amide bonds. The number of halogens is 2. The summed E-state index contributed by atoms with van der Waals surface area (Å²) in [6.45, 7) is 0.189. The molecule has 2 aromatic rings. The highest BCUT2D eigenvalue weighted by molar-refractivity contribution is 9.10. The van der Waals surface area contributed by atoms with Crippen LogP contribution in [0.15, 0.2) is 50.4 Å². The number of carbonyl (C=O) groups is 2. The van der Waals surface area contributed by atoms with Crippen molar-refractivity contribution < 1.29 is 19.1 Å². The maximum Gasteiger partial charge on any atom is 0.240 e. The first-order valence-corrected chi connectivity index (χ1v) is 10.1. The Morgan fingerprint density at radius 3 is 2.46 bits per heavy atom. The van der Waals surface area contributed by atoms with Gasteiger partial charge < -0.3 is 14.8 Å². The molecule has 2 N–H and O–H groups in total. The molecule has 1 heterocycles. The van der Waals surface area contributed by atoms with Gasteiger partial charge >= 0.3 is 0 Å². The van der Waals surface area contributed by atoms with Crippen molar-refractivity contribution >= 4 is 55.6 Å². The van der Waals surface area contributed by atoms with Crippen molar-refractivity contribution in [1.29, 1.82) is 0 Å². The van der Waals surface area contributed by atoms with Crippen molar-refractivity contribution in [3.8, 4) is 11.5 Å². The zero-order valence-corrected chi connectivity index (χ0v) is 17.9. The van der Waals surface area contributed by atoms with E-state index in [0.29, 0.717) is 17.9 Å². The highest BCUT2D eigenvalue weighted by Crippen LogP contribution is 2.36. The van der Waals surface area contributed by atoms with Gasteiger partial charge in [-0.1, -0.05) is 15.9 Å². The number of benzene rings is 2. The Balaban J connectivity index is 1.39. The second kappa shape index (κ2) is 9.70. The van der Waals surface area contributed by atoms with Crippen LogP contribution in [0.25, 0.3) is 0 Å². The van der Waals surface area contributed by atoms with Crippen molar-refractivity contribution in [3.63, 3.8) is 0 Å². The quantitative estimate of drug-likeness (QED) is 0.431. The molecule has 9 heteroatoms. The first-order valence-electron chi connectivity index (χ1n) is 8.48. The van der Waals surface area contributed by atoms with Crippen LogP contribution in [0.5, 0.6) is 11.5 Å². The van der Waals surface area contributed by atoms with Gasteiger partial charge in [0.2, 0.25) is 18.6 Å². The van der Waals surface area contributed by atoms with Gasteiger partial charge in [-0.15, -0.1) is 0 Å². The molecule has 0 unspecified atom stereocenters. The average molecular weight is 511 g/mol. The lowest BCUT2D eigenvalue weighted by Crippen LogP contribution is -2.18. The van der Waals surface area contributed by atoms with Gasteiger partial charge in [-0.05, 0) is 58.7 Å². The van der Waals surface area contributed by atoms with Gasteiger partial charge in [0, 0.05) is 33.0 Å². The van der Waals surface area contributed by atoms with E-state index >= 15 is 0 Å². The molecular formula is C19H17Br2N3O4. The van der Waals surface area contributed by atoms with E-state index in [4.69, 9.17) is 9.47 Å². The van der Waals surface area contributed by atoms with Crippen LogP contribution in [0.4, 0.5) is 5.69 Å². The fourth-order valence-electron chi connectivity index (χ4n) is 2.43. The Morgan fingerprint density at radius 1 is 1.04 bits per heavy atom. The molecule has 2 aromatic carbocycles. The molecular weight excluding hydrogens is 494 g/mol. The lowest BCUT2D eigenvalue weighted by Gasteiger charge is -2.05. The van der Waals surface area contributed by atoms with Crippen LogP contribution in [-0.4, -0.2) is 24.8 Å². The third kappa shape index (κ3) is 5.80. The Labute approximate surface area is 178 Å². The molecule has 146 valence electrons. The topological polar surface area (TPSA) is 89.0 Å². The second-order valence-electron chi connectivity index (χ2n) is 5.93. The van der Waals surface area contributed by atoms with Crippen molar-refractivity contribution in [3.05, 3.63) is 50.9 Å². The molecule has 0 bridgehead atoms. The number of amides is 2. The van der Waals surface area contributed by atoms with E-state index < -0.39 is 0 Å². The molecule has 0 aliphatic carbocycles. The monoisotopic (exact) mass is 509 g/mol. The number of nitrogens with zero attached hydrogens (tertiary/aromatic N) is 1. The van der Waals surface area contributed by atoms with Crippen LogP contribution < -0.4 is 20.2 Å². The minimum absolute atomic E-state index is 0.136. The molecule has 7 nitrogen and oxygen atoms in total. The Kier molecular flexibility index (Phi) is 7.05. The summed E-state index contributed by atoms with van der Waals surface area (Å²) in [5.41, 5.74) is 3.92. The lowest BCUT2D eigenvalue weighted by atomic mass is 10.2. The maximum absolute atomic E-state index is 11.9. The molecule has 3 rings (SSSR count). The minimum atomic E-state index is -0.260. The average Bonchev–Trinajstić information content (AvgIpc) is 3.11. The van der Waals surface area contributed by atoms with Gasteiger partial charge in [-0.25, -0.2) is 5.43 Å². The molecule has 0 aromatic heterocycles. The summed E-state index contributed by atoms with van der Waals surface area (Å²) in [6, 6.07) is 10.9. The third-order valence-corrected chi connectivity index (χ3v) is 5.04. The number of hydrazone groups is 1. The van der Waals surface area contributed by atoms with Gasteiger partial charge in [0.05, 0.1) is 6.21 Å². The summed E-state index contributed by atoms with van der Waals surface area (Å²) in [7, 11) is 0. The van der Waals surface area contributed by atoms with Crippen molar-refractivity contribution in [2.24, 2.45) is 5.10 Å². The van der Waals surface area contributed by atoms with Crippen LogP contribution >= 0.6 is 31.9 Å². The van der Waals surface area contributed by atoms with E-state index in [1.54, 1.807) is 24.3 Å². The van der Waals surface area contributed by atoms with E-state index in [-0.39, 0.29) is 31.4 Å². The number of nitrogens with one attached hydrogen (secondary N) is 2. The van der Waals surface area contributed by atoms with Crippen molar-refractivity contribution in [2.45, 2.75) is 19.3 Å². The normalized spacial score (nSPS) is 12.2. The lowest BCUT2D eigenvalue weighted by molar-refractivity contribution is -0.121. The molecule has 1 aliphatic rings. The number of hydrogen-bond donors (Lipinski definition) is 2. The van der Waals surface area contributed by atoms with Gasteiger partial charge in [-0.2, -0.15) is 5.10 Å². The van der Waals surface area contributed by atoms with Gasteiger partial charge in [0.25, 0.3) is 0 Å². The first kappa shape index (κ1) is 20.3. The number of rotatable bonds is 7. The SMILES string of the molecule is O=C(CCCC(=O)Nc1ccc(Br)cc1)N/N=C\c1cc2c(cc1Br)OCO2. The van der Waals surface area contributed by atoms with E-state index in [2.05, 4.69) is 47.7 Å². The summed E-state index contributed by atoms with van der Waals surface area (Å²) in [5, 5.41) is 6.73. The third-order valence-electron chi connectivity index (χ3n) is 3.82. The summed E-state index contributed by atoms with van der Waals surface area (Å²) in [5.74, 6) is 0.898. The zero-order chi connectivity index (χ0) is 19.9. The summed E-state index contributed by atoms with van der Waals surface area (Å²) >= 11 is 6.76. The first-order chi connectivity index (χ1) is 13.5. The Hall–Kier alpha value is -2.39. The second-order valence-corrected chi connectivity index (χ2v) is 7.70. The fraction of sp³-hybridized carbons (Fsp3) is 0.211. The van der Waals surface area contributed by atoms with E-state index in [9.17, 15) is 9.59 Å². The van der Waals surface area contributed by atoms with Crippen LogP contribution in [-0.2, 0) is 9.59 Å². The molecule has 0 atom stereocenters. The molecule has 28 heavy (non-hydrogen) atoms. The van der Waals surface area contributed by atoms with Crippen LogP contribution in [0.2, 0.25) is 0 Å². The zero-order valence-electron chi connectivity index (χ0n) is 14.7. The summed E-state index contributed by atoms with van der Waals surface area (Å²) in [6.07, 6.45) is 2.40. The molecule has 0 radical (unpaired) electrons. The molecule has 1 aliphatic heterocycles. The Bertz CT molecular complexity index is 901. The van der Waals surface area contributed by atoms with Crippen LogP contribution in [0.1, 0.15) is 24.8 Å². The number of ether oxygens (including phenoxy) is 2. The highest BCUT2D eigenvalue weighted by Gasteiger charge is 2.15. The largest absolute Gasteiger partial charge is 0.454 e. The highest BCUT2D eigenvalue weighted by atomic mass is 79.9. The Morgan fingerprint density at radius 2 is 1.71 bits per heavy atom. The molecule has 0 saturated carbocycles. The smallest absolute Gasteiger partial charge is 0.240 e. The summed E-state index contributed by atoms with van der Waals surface area (Å²) in [4.78, 5) is 23.8. The maximum atomic E-state index is 11.9. The number of anilines is 1. The van der Waals surface area contributed by atoms with Crippen LogP contribution in [0, 0.1) is 0 Å². The van der Waals surface area contributed by atoms with E-state index in [1.807, 2.05) is 12.1 Å². The van der Waals surface area contributed by atoms with Crippen molar-refractivity contribution in [1.82, 2.24) is 5.43 Å².